The van der Waals surface area contributed by atoms with Crippen LogP contribution in [0.5, 0.6) is 5.75 Å². The van der Waals surface area contributed by atoms with E-state index in [9.17, 15) is 0 Å². The molecule has 2 heterocycles. The highest BCUT2D eigenvalue weighted by atomic mass is 16.5. The van der Waals surface area contributed by atoms with E-state index in [1.165, 1.54) is 5.56 Å². The second-order valence-electron chi connectivity index (χ2n) is 4.85. The van der Waals surface area contributed by atoms with Crippen molar-refractivity contribution in [3.8, 4) is 5.75 Å². The second-order valence-corrected chi connectivity index (χ2v) is 4.85. The zero-order valence-corrected chi connectivity index (χ0v) is 11.0. The molecule has 0 radical (unpaired) electrons. The van der Waals surface area contributed by atoms with Gasteiger partial charge in [-0.1, -0.05) is 18.2 Å². The van der Waals surface area contributed by atoms with Crippen molar-refractivity contribution in [2.45, 2.75) is 18.9 Å². The van der Waals surface area contributed by atoms with Crippen LogP contribution in [-0.4, -0.2) is 16.2 Å². The molecule has 0 aliphatic carbocycles. The molecule has 5 heteroatoms. The number of nitrogens with two attached hydrogens (primary N) is 1. The van der Waals surface area contributed by atoms with Crippen LogP contribution in [-0.2, 0) is 13.5 Å². The molecule has 0 amide bonds. The Bertz CT molecular complexity index is 579. The molecule has 0 spiro atoms. The zero-order valence-electron chi connectivity index (χ0n) is 11.0. The normalized spacial score (nSPS) is 15.7. The first kappa shape index (κ1) is 12.2. The lowest BCUT2D eigenvalue weighted by Crippen LogP contribution is -2.30. The molecule has 0 saturated heterocycles. The van der Waals surface area contributed by atoms with Gasteiger partial charge in [0.1, 0.15) is 5.75 Å². The molecule has 2 aromatic rings. The van der Waals surface area contributed by atoms with Gasteiger partial charge >= 0.3 is 0 Å². The topological polar surface area (TPSA) is 65.1 Å². The van der Waals surface area contributed by atoms with Crippen molar-refractivity contribution in [3.05, 3.63) is 47.5 Å². The third kappa shape index (κ3) is 2.22. The third-order valence-corrected chi connectivity index (χ3v) is 3.46. The second kappa shape index (κ2) is 5.03. The minimum absolute atomic E-state index is 0.144. The highest BCUT2D eigenvalue weighted by Crippen LogP contribution is 2.34. The summed E-state index contributed by atoms with van der Waals surface area (Å²) in [6.07, 6.45) is 5.87. The average Bonchev–Trinajstić information content (AvgIpc) is 2.86. The molecule has 5 nitrogen and oxygen atoms in total. The van der Waals surface area contributed by atoms with E-state index in [-0.39, 0.29) is 6.04 Å². The van der Waals surface area contributed by atoms with Gasteiger partial charge in [-0.25, -0.2) is 10.4 Å². The number of benzene rings is 1. The van der Waals surface area contributed by atoms with E-state index in [4.69, 9.17) is 10.6 Å². The van der Waals surface area contributed by atoms with Crippen molar-refractivity contribution in [2.75, 3.05) is 6.61 Å². The van der Waals surface area contributed by atoms with E-state index >= 15 is 0 Å². The maximum Gasteiger partial charge on any atom is 0.127 e. The Balaban J connectivity index is 2.04. The number of aryl methyl sites for hydroxylation is 2. The molecule has 19 heavy (non-hydrogen) atoms. The molecular formula is C14H18N4O. The fourth-order valence-corrected chi connectivity index (χ4v) is 2.56. The van der Waals surface area contributed by atoms with Crippen LogP contribution < -0.4 is 16.0 Å². The van der Waals surface area contributed by atoms with Gasteiger partial charge in [0.15, 0.2) is 0 Å². The van der Waals surface area contributed by atoms with Crippen molar-refractivity contribution >= 4 is 0 Å². The summed E-state index contributed by atoms with van der Waals surface area (Å²) >= 11 is 0. The minimum atomic E-state index is -0.144. The predicted octanol–water partition coefficient (Wildman–Crippen LogP) is 1.30. The molecule has 1 aromatic carbocycles. The van der Waals surface area contributed by atoms with Crippen molar-refractivity contribution in [1.82, 2.24) is 15.0 Å². The summed E-state index contributed by atoms with van der Waals surface area (Å²) in [5.41, 5.74) is 6.04. The lowest BCUT2D eigenvalue weighted by Gasteiger charge is -2.24. The molecule has 100 valence electrons. The molecule has 1 unspecified atom stereocenters. The van der Waals surface area contributed by atoms with Crippen LogP contribution in [0.3, 0.4) is 0 Å². The fraction of sp³-hybridized carbons (Fsp3) is 0.357. The Labute approximate surface area is 112 Å². The van der Waals surface area contributed by atoms with Crippen LogP contribution in [0, 0.1) is 0 Å². The Kier molecular flexibility index (Phi) is 3.23. The van der Waals surface area contributed by atoms with E-state index in [1.807, 2.05) is 23.9 Å². The summed E-state index contributed by atoms with van der Waals surface area (Å²) in [5.74, 6) is 6.68. The molecule has 3 rings (SSSR count). The van der Waals surface area contributed by atoms with E-state index < -0.39 is 0 Å². The van der Waals surface area contributed by atoms with Crippen LogP contribution in [0.1, 0.15) is 29.3 Å². The number of hydrogen-bond donors (Lipinski definition) is 2. The van der Waals surface area contributed by atoms with Gasteiger partial charge in [-0.15, -0.1) is 0 Å². The van der Waals surface area contributed by atoms with Gasteiger partial charge < -0.3 is 9.30 Å². The van der Waals surface area contributed by atoms with Crippen LogP contribution in [0.2, 0.25) is 0 Å². The van der Waals surface area contributed by atoms with Crippen molar-refractivity contribution < 1.29 is 4.74 Å². The van der Waals surface area contributed by atoms with Crippen molar-refractivity contribution in [1.29, 1.82) is 0 Å². The molecule has 0 saturated carbocycles. The van der Waals surface area contributed by atoms with E-state index in [1.54, 1.807) is 6.33 Å². The van der Waals surface area contributed by atoms with Crippen molar-refractivity contribution in [3.63, 3.8) is 0 Å². The minimum Gasteiger partial charge on any atom is -0.493 e. The number of rotatable bonds is 3. The van der Waals surface area contributed by atoms with E-state index in [0.717, 1.165) is 36.5 Å². The predicted molar refractivity (Wildman–Crippen MR) is 72.6 cm³/mol. The molecule has 0 bridgehead atoms. The fourth-order valence-electron chi connectivity index (χ4n) is 2.56. The zero-order chi connectivity index (χ0) is 13.2. The van der Waals surface area contributed by atoms with Gasteiger partial charge in [-0.2, -0.15) is 0 Å². The first-order valence-electron chi connectivity index (χ1n) is 6.48. The summed E-state index contributed by atoms with van der Waals surface area (Å²) in [6.45, 7) is 0.767. The number of hydrazine groups is 1. The number of nitrogens with one attached hydrogen (secondary N) is 1. The molecular weight excluding hydrogens is 240 g/mol. The summed E-state index contributed by atoms with van der Waals surface area (Å²) in [7, 11) is 1.95. The molecule has 1 aromatic heterocycles. The van der Waals surface area contributed by atoms with Crippen LogP contribution in [0.15, 0.2) is 30.7 Å². The monoisotopic (exact) mass is 258 g/mol. The first-order chi connectivity index (χ1) is 9.29. The van der Waals surface area contributed by atoms with Crippen LogP contribution in [0.25, 0.3) is 0 Å². The number of aromatic nitrogens is 2. The quantitative estimate of drug-likeness (QED) is 0.643. The number of imidazole rings is 1. The Hall–Kier alpha value is -1.85. The number of ether oxygens (including phenoxy) is 1. The summed E-state index contributed by atoms with van der Waals surface area (Å²) in [5, 5.41) is 0. The highest BCUT2D eigenvalue weighted by molar-refractivity contribution is 5.46. The Morgan fingerprint density at radius 1 is 1.47 bits per heavy atom. The van der Waals surface area contributed by atoms with Gasteiger partial charge in [0, 0.05) is 18.8 Å². The van der Waals surface area contributed by atoms with Crippen LogP contribution in [0.4, 0.5) is 0 Å². The molecule has 0 fully saturated rings. The number of para-hydroxylation sites is 1. The summed E-state index contributed by atoms with van der Waals surface area (Å²) < 4.78 is 7.75. The third-order valence-electron chi connectivity index (χ3n) is 3.46. The number of fused-ring (bicyclic) bond motifs is 1. The largest absolute Gasteiger partial charge is 0.493 e. The standard InChI is InChI=1S/C14H18N4O/c1-18-8-12(16-9-18)13(17-15)11-6-2-4-10-5-3-7-19-14(10)11/h2,4,6,8-9,13,17H,3,5,7,15H2,1H3. The van der Waals surface area contributed by atoms with E-state index in [2.05, 4.69) is 22.5 Å². The SMILES string of the molecule is Cn1cnc(C(NN)c2cccc3c2OCCC3)c1. The Morgan fingerprint density at radius 2 is 2.37 bits per heavy atom. The Morgan fingerprint density at radius 3 is 3.11 bits per heavy atom. The van der Waals surface area contributed by atoms with Crippen molar-refractivity contribution in [2.24, 2.45) is 12.9 Å². The summed E-state index contributed by atoms with van der Waals surface area (Å²) in [4.78, 5) is 4.38. The van der Waals surface area contributed by atoms with Crippen LogP contribution >= 0.6 is 0 Å². The lowest BCUT2D eigenvalue weighted by molar-refractivity contribution is 0.283. The van der Waals surface area contributed by atoms with Gasteiger partial charge in [0.2, 0.25) is 0 Å². The smallest absolute Gasteiger partial charge is 0.127 e. The van der Waals surface area contributed by atoms with Gasteiger partial charge in [0.25, 0.3) is 0 Å². The van der Waals surface area contributed by atoms with Gasteiger partial charge in [0.05, 0.1) is 24.7 Å². The molecule has 1 aliphatic heterocycles. The summed E-state index contributed by atoms with van der Waals surface area (Å²) in [6, 6.07) is 6.07. The van der Waals surface area contributed by atoms with E-state index in [0.29, 0.717) is 0 Å². The molecule has 1 aliphatic rings. The maximum absolute atomic E-state index is 5.84. The average molecular weight is 258 g/mol. The number of nitrogens with zero attached hydrogens (tertiary/aromatic N) is 2. The molecule has 3 N–H and O–H groups in total. The van der Waals surface area contributed by atoms with Gasteiger partial charge in [-0.3, -0.25) is 5.84 Å². The maximum atomic E-state index is 5.84. The lowest BCUT2D eigenvalue weighted by atomic mass is 9.97. The van der Waals surface area contributed by atoms with Gasteiger partial charge in [-0.05, 0) is 18.4 Å². The molecule has 1 atom stereocenters. The highest BCUT2D eigenvalue weighted by Gasteiger charge is 2.22. The number of hydrogen-bond acceptors (Lipinski definition) is 4. The first-order valence-corrected chi connectivity index (χ1v) is 6.48.